The van der Waals surface area contributed by atoms with E-state index in [9.17, 15) is 4.79 Å². The molecule has 4 nitrogen and oxygen atoms in total. The predicted octanol–water partition coefficient (Wildman–Crippen LogP) is 4.88. The smallest absolute Gasteiger partial charge is 0.338 e. The second-order valence-corrected chi connectivity index (χ2v) is 7.91. The molecule has 1 saturated carbocycles. The molecule has 140 valence electrons. The fourth-order valence-electron chi connectivity index (χ4n) is 3.37. The third-order valence-electron chi connectivity index (χ3n) is 4.77. The molecule has 2 rings (SSSR count). The zero-order valence-corrected chi connectivity index (χ0v) is 17.0. The number of benzene rings is 1. The summed E-state index contributed by atoms with van der Waals surface area (Å²) in [6.45, 7) is 1.82. The summed E-state index contributed by atoms with van der Waals surface area (Å²) in [4.78, 5) is 12.0. The van der Waals surface area contributed by atoms with Crippen LogP contribution in [0.1, 0.15) is 60.9 Å². The van der Waals surface area contributed by atoms with Gasteiger partial charge in [0.1, 0.15) is 6.61 Å². The number of hydrogen-bond donors (Lipinski definition) is 2. The van der Waals surface area contributed by atoms with Gasteiger partial charge in [-0.1, -0.05) is 32.1 Å². The van der Waals surface area contributed by atoms with Crippen molar-refractivity contribution in [2.45, 2.75) is 51.5 Å². The largest absolute Gasteiger partial charge is 0.461 e. The van der Waals surface area contributed by atoms with Crippen LogP contribution in [0, 0.1) is 5.92 Å². The highest BCUT2D eigenvalue weighted by Crippen LogP contribution is 2.28. The van der Waals surface area contributed by atoms with Gasteiger partial charge in [0.15, 0.2) is 0 Å². The van der Waals surface area contributed by atoms with Crippen molar-refractivity contribution < 1.29 is 9.53 Å². The Balaban J connectivity index is 1.81. The molecular formula is C19H28BrClN2O2. The predicted molar refractivity (Wildman–Crippen MR) is 107 cm³/mol. The van der Waals surface area contributed by atoms with Gasteiger partial charge in [0.05, 0.1) is 17.1 Å². The molecule has 0 spiro atoms. The molecule has 0 aliphatic heterocycles. The molecule has 0 bridgehead atoms. The number of nitrogen functional groups attached to an aromatic ring is 1. The number of nitrogens with two attached hydrogens (primary N) is 1. The zero-order valence-electron chi connectivity index (χ0n) is 14.7. The highest BCUT2D eigenvalue weighted by atomic mass is 79.9. The molecule has 25 heavy (non-hydrogen) atoms. The van der Waals surface area contributed by atoms with Crippen LogP contribution >= 0.6 is 27.5 Å². The number of rotatable bonds is 9. The molecule has 0 heterocycles. The minimum Gasteiger partial charge on any atom is -0.461 e. The molecule has 0 aromatic heterocycles. The van der Waals surface area contributed by atoms with Crippen LogP contribution in [0.3, 0.4) is 0 Å². The highest BCUT2D eigenvalue weighted by Gasteiger charge is 2.14. The third kappa shape index (κ3) is 6.80. The second-order valence-electron chi connectivity index (χ2n) is 6.68. The number of ether oxygens (including phenoxy) is 1. The van der Waals surface area contributed by atoms with Crippen molar-refractivity contribution in [2.24, 2.45) is 5.92 Å². The van der Waals surface area contributed by atoms with Crippen LogP contribution < -0.4 is 11.1 Å². The lowest BCUT2D eigenvalue weighted by atomic mass is 9.86. The molecule has 1 aliphatic carbocycles. The molecule has 0 amide bonds. The van der Waals surface area contributed by atoms with E-state index in [1.807, 2.05) is 0 Å². The van der Waals surface area contributed by atoms with Gasteiger partial charge in [-0.25, -0.2) is 4.79 Å². The average molecular weight is 432 g/mol. The number of hydrogen-bond acceptors (Lipinski definition) is 4. The van der Waals surface area contributed by atoms with Crippen molar-refractivity contribution >= 4 is 39.2 Å². The Morgan fingerprint density at radius 3 is 2.80 bits per heavy atom. The molecule has 0 saturated heterocycles. The van der Waals surface area contributed by atoms with Gasteiger partial charge in [-0.05, 0) is 58.9 Å². The lowest BCUT2D eigenvalue weighted by Gasteiger charge is -2.21. The van der Waals surface area contributed by atoms with Gasteiger partial charge in [-0.15, -0.1) is 11.6 Å². The minimum atomic E-state index is -0.375. The number of anilines is 1. The van der Waals surface area contributed by atoms with Crippen molar-refractivity contribution in [1.29, 1.82) is 0 Å². The van der Waals surface area contributed by atoms with Crippen LogP contribution in [0.25, 0.3) is 0 Å². The Kier molecular flexibility index (Phi) is 9.07. The van der Waals surface area contributed by atoms with Gasteiger partial charge < -0.3 is 15.8 Å². The molecule has 3 N–H and O–H groups in total. The van der Waals surface area contributed by atoms with E-state index in [-0.39, 0.29) is 18.5 Å². The molecule has 0 radical (unpaired) electrons. The van der Waals surface area contributed by atoms with Crippen molar-refractivity contribution in [2.75, 3.05) is 24.8 Å². The first kappa shape index (κ1) is 20.5. The van der Waals surface area contributed by atoms with E-state index >= 15 is 0 Å². The first-order valence-electron chi connectivity index (χ1n) is 9.13. The summed E-state index contributed by atoms with van der Waals surface area (Å²) in [5, 5.41) is 3.44. The summed E-state index contributed by atoms with van der Waals surface area (Å²) >= 11 is 8.98. The SMILES string of the molecule is Nc1c(Br)cc(C(=O)OCCCl)cc1CNCCCC1CCCCC1. The number of nitrogens with one attached hydrogen (secondary N) is 1. The van der Waals surface area contributed by atoms with Gasteiger partial charge in [-0.3, -0.25) is 0 Å². The van der Waals surface area contributed by atoms with Crippen molar-refractivity contribution in [1.82, 2.24) is 5.32 Å². The number of carbonyl (C=O) groups is 1. The topological polar surface area (TPSA) is 64.4 Å². The number of halogens is 2. The second kappa shape index (κ2) is 11.0. The van der Waals surface area contributed by atoms with Crippen LogP contribution in [0.4, 0.5) is 5.69 Å². The first-order valence-corrected chi connectivity index (χ1v) is 10.5. The monoisotopic (exact) mass is 430 g/mol. The molecule has 1 aromatic rings. The maximum atomic E-state index is 12.0. The van der Waals surface area contributed by atoms with Gasteiger partial charge >= 0.3 is 5.97 Å². The Labute approximate surface area is 164 Å². The zero-order chi connectivity index (χ0) is 18.1. The van der Waals surface area contributed by atoms with Gasteiger partial charge in [0, 0.05) is 11.0 Å². The lowest BCUT2D eigenvalue weighted by molar-refractivity contribution is 0.0529. The third-order valence-corrected chi connectivity index (χ3v) is 5.58. The summed E-state index contributed by atoms with van der Waals surface area (Å²) in [5.74, 6) is 0.826. The summed E-state index contributed by atoms with van der Waals surface area (Å²) in [7, 11) is 0. The van der Waals surface area contributed by atoms with Crippen LogP contribution in [0.5, 0.6) is 0 Å². The molecule has 0 atom stereocenters. The summed E-state index contributed by atoms with van der Waals surface area (Å²) in [6, 6.07) is 3.49. The molecule has 1 aliphatic rings. The van der Waals surface area contributed by atoms with Crippen LogP contribution in [0.2, 0.25) is 0 Å². The van der Waals surface area contributed by atoms with Crippen LogP contribution in [0.15, 0.2) is 16.6 Å². The van der Waals surface area contributed by atoms with E-state index in [0.717, 1.165) is 18.0 Å². The average Bonchev–Trinajstić information content (AvgIpc) is 2.63. The normalized spacial score (nSPS) is 15.3. The lowest BCUT2D eigenvalue weighted by Crippen LogP contribution is -2.18. The number of carbonyl (C=O) groups excluding carboxylic acids is 1. The Morgan fingerprint density at radius 2 is 2.08 bits per heavy atom. The molecular weight excluding hydrogens is 404 g/mol. The Hall–Kier alpha value is -0.780. The van der Waals surface area contributed by atoms with Crippen LogP contribution in [-0.4, -0.2) is 25.0 Å². The van der Waals surface area contributed by atoms with E-state index in [2.05, 4.69) is 21.2 Å². The maximum absolute atomic E-state index is 12.0. The fraction of sp³-hybridized carbons (Fsp3) is 0.632. The Bertz CT molecular complexity index is 563. The summed E-state index contributed by atoms with van der Waals surface area (Å²) < 4.78 is 5.80. The van der Waals surface area contributed by atoms with E-state index in [0.29, 0.717) is 22.3 Å². The van der Waals surface area contributed by atoms with E-state index in [1.54, 1.807) is 12.1 Å². The van der Waals surface area contributed by atoms with Gasteiger partial charge in [-0.2, -0.15) is 0 Å². The molecule has 0 unspecified atom stereocenters. The number of esters is 1. The van der Waals surface area contributed by atoms with E-state index < -0.39 is 0 Å². The van der Waals surface area contributed by atoms with Gasteiger partial charge in [0.25, 0.3) is 0 Å². The summed E-state index contributed by atoms with van der Waals surface area (Å²) in [5.41, 5.74) is 8.18. The van der Waals surface area contributed by atoms with Crippen molar-refractivity contribution in [3.05, 3.63) is 27.7 Å². The quantitative estimate of drug-likeness (QED) is 0.253. The van der Waals surface area contributed by atoms with Crippen molar-refractivity contribution in [3.63, 3.8) is 0 Å². The van der Waals surface area contributed by atoms with E-state index in [4.69, 9.17) is 22.1 Å². The number of alkyl halides is 1. The van der Waals surface area contributed by atoms with Crippen LogP contribution in [-0.2, 0) is 11.3 Å². The van der Waals surface area contributed by atoms with Crippen molar-refractivity contribution in [3.8, 4) is 0 Å². The first-order chi connectivity index (χ1) is 12.1. The molecule has 1 aromatic carbocycles. The minimum absolute atomic E-state index is 0.205. The Morgan fingerprint density at radius 1 is 1.32 bits per heavy atom. The summed E-state index contributed by atoms with van der Waals surface area (Å²) in [6.07, 6.45) is 9.48. The molecule has 1 fully saturated rings. The highest BCUT2D eigenvalue weighted by molar-refractivity contribution is 9.10. The molecule has 6 heteroatoms. The van der Waals surface area contributed by atoms with E-state index in [1.165, 1.54) is 44.9 Å². The van der Waals surface area contributed by atoms with Gasteiger partial charge in [0.2, 0.25) is 0 Å². The fourth-order valence-corrected chi connectivity index (χ4v) is 3.95. The standard InChI is InChI=1S/C19H28BrClN2O2/c20-17-12-15(19(24)25-10-8-21)11-16(18(17)22)13-23-9-4-7-14-5-2-1-3-6-14/h11-12,14,23H,1-10,13,22H2. The maximum Gasteiger partial charge on any atom is 0.338 e.